The quantitative estimate of drug-likeness (QED) is 0.246. The van der Waals surface area contributed by atoms with E-state index < -0.39 is 11.8 Å². The van der Waals surface area contributed by atoms with Crippen LogP contribution in [-0.4, -0.2) is 41.7 Å². The van der Waals surface area contributed by atoms with E-state index >= 15 is 0 Å². The predicted octanol–water partition coefficient (Wildman–Crippen LogP) is 6.72. The Kier molecular flexibility index (Phi) is 8.04. The zero-order valence-corrected chi connectivity index (χ0v) is 25.0. The summed E-state index contributed by atoms with van der Waals surface area (Å²) in [6, 6.07) is 7.55. The number of anilines is 2. The lowest BCUT2D eigenvalue weighted by atomic mass is 9.82. The first-order valence-electron chi connectivity index (χ1n) is 14.5. The summed E-state index contributed by atoms with van der Waals surface area (Å²) in [5.74, 6) is -1.46. The van der Waals surface area contributed by atoms with Crippen LogP contribution in [0.5, 0.6) is 0 Å². The number of aryl methyl sites for hydroxylation is 2. The summed E-state index contributed by atoms with van der Waals surface area (Å²) in [7, 11) is 0. The number of piperidine rings is 1. The van der Waals surface area contributed by atoms with Gasteiger partial charge < -0.3 is 14.5 Å². The second kappa shape index (κ2) is 11.4. The highest BCUT2D eigenvalue weighted by Crippen LogP contribution is 2.42. The van der Waals surface area contributed by atoms with Gasteiger partial charge in [0, 0.05) is 54.8 Å². The molecule has 0 N–H and O–H groups in total. The van der Waals surface area contributed by atoms with Gasteiger partial charge in [-0.3, -0.25) is 9.78 Å². The zero-order valence-electron chi connectivity index (χ0n) is 25.0. The molecule has 2 aliphatic rings. The Morgan fingerprint density at radius 1 is 1.02 bits per heavy atom. The minimum atomic E-state index is -0.688. The molecule has 0 saturated carbocycles. The topological polar surface area (TPSA) is 58.6 Å². The Labute approximate surface area is 241 Å². The van der Waals surface area contributed by atoms with E-state index in [0.29, 0.717) is 19.5 Å². The van der Waals surface area contributed by atoms with Gasteiger partial charge in [-0.1, -0.05) is 32.0 Å². The lowest BCUT2D eigenvalue weighted by molar-refractivity contribution is -0.146. The fourth-order valence-electron chi connectivity index (χ4n) is 6.12. The maximum atomic E-state index is 14.4. The molecule has 2 aliphatic heterocycles. The highest BCUT2D eigenvalue weighted by molar-refractivity contribution is 5.87. The molecular formula is C33H40F2N4O2. The first-order valence-corrected chi connectivity index (χ1v) is 14.5. The molecule has 1 fully saturated rings. The third-order valence-electron chi connectivity index (χ3n) is 8.43. The Hall–Kier alpha value is -3.55. The van der Waals surface area contributed by atoms with Gasteiger partial charge in [0.25, 0.3) is 0 Å². The van der Waals surface area contributed by atoms with Crippen molar-refractivity contribution >= 4 is 17.3 Å². The molecule has 41 heavy (non-hydrogen) atoms. The van der Waals surface area contributed by atoms with Crippen molar-refractivity contribution < 1.29 is 18.3 Å². The molecule has 218 valence electrons. The van der Waals surface area contributed by atoms with Crippen molar-refractivity contribution in [3.05, 3.63) is 70.3 Å². The normalized spacial score (nSPS) is 16.6. The zero-order chi connectivity index (χ0) is 29.5. The van der Waals surface area contributed by atoms with Crippen LogP contribution in [0.3, 0.4) is 0 Å². The second-order valence-electron chi connectivity index (χ2n) is 12.5. The molecular weight excluding hydrogens is 522 g/mol. The van der Waals surface area contributed by atoms with Crippen molar-refractivity contribution in [2.24, 2.45) is 5.41 Å². The number of rotatable bonds is 6. The van der Waals surface area contributed by atoms with Crippen LogP contribution in [0.25, 0.3) is 11.1 Å². The van der Waals surface area contributed by atoms with Gasteiger partial charge in [0.05, 0.1) is 30.1 Å². The molecule has 0 radical (unpaired) electrons. The first kappa shape index (κ1) is 29.0. The fourth-order valence-corrected chi connectivity index (χ4v) is 6.12. The van der Waals surface area contributed by atoms with Gasteiger partial charge >= 0.3 is 5.97 Å². The van der Waals surface area contributed by atoms with Crippen LogP contribution in [0.15, 0.2) is 30.5 Å². The van der Waals surface area contributed by atoms with Gasteiger partial charge in [-0.05, 0) is 69.1 Å². The number of halogens is 2. The highest BCUT2D eigenvalue weighted by atomic mass is 19.1. The number of carbonyl (C=O) groups is 1. The number of aromatic nitrogens is 2. The predicted molar refractivity (Wildman–Crippen MR) is 158 cm³/mol. The monoisotopic (exact) mass is 562 g/mol. The van der Waals surface area contributed by atoms with Crippen LogP contribution in [0, 0.1) is 31.0 Å². The number of carbonyl (C=O) groups excluding carboxylic acids is 1. The molecule has 3 aromatic rings. The Morgan fingerprint density at radius 3 is 2.46 bits per heavy atom. The first-order chi connectivity index (χ1) is 19.4. The van der Waals surface area contributed by atoms with Gasteiger partial charge in [0.1, 0.15) is 0 Å². The highest BCUT2D eigenvalue weighted by Gasteiger charge is 2.31. The summed E-state index contributed by atoms with van der Waals surface area (Å²) in [4.78, 5) is 25.5. The summed E-state index contributed by atoms with van der Waals surface area (Å²) in [6.45, 7) is 15.3. The van der Waals surface area contributed by atoms with Gasteiger partial charge in [0.15, 0.2) is 5.82 Å². The molecule has 5 rings (SSSR count). The minimum Gasteiger partial charge on any atom is -0.463 e. The van der Waals surface area contributed by atoms with Crippen molar-refractivity contribution in [2.75, 3.05) is 29.4 Å². The van der Waals surface area contributed by atoms with Gasteiger partial charge in [-0.15, -0.1) is 0 Å². The van der Waals surface area contributed by atoms with Crippen LogP contribution in [0.1, 0.15) is 68.6 Å². The Bertz CT molecular complexity index is 1460. The molecule has 0 unspecified atom stereocenters. The number of esters is 1. The van der Waals surface area contributed by atoms with E-state index in [1.54, 1.807) is 0 Å². The van der Waals surface area contributed by atoms with Crippen molar-refractivity contribution in [3.63, 3.8) is 0 Å². The smallest absolute Gasteiger partial charge is 0.310 e. The molecule has 8 heteroatoms. The summed E-state index contributed by atoms with van der Waals surface area (Å²) >= 11 is 0. The molecule has 0 atom stereocenters. The summed E-state index contributed by atoms with van der Waals surface area (Å²) in [5, 5.41) is 0. The standard InChI is InChI=1S/C33H40F2N4O2/c1-20(2)41-30(40)16-26-21(3)37-22(4)31(32(26)38-13-10-33(5,6)11-14-38)24-7-8-25-19-39(12-9-23(25)15-24)28-17-29(35)36-18-27(28)34/h7-8,15,17-18,20H,9-14,16,19H2,1-6H3. The van der Waals surface area contributed by atoms with E-state index in [0.717, 1.165) is 77.5 Å². The van der Waals surface area contributed by atoms with Crippen LogP contribution in [0.4, 0.5) is 20.2 Å². The Balaban J connectivity index is 1.55. The molecule has 4 heterocycles. The van der Waals surface area contributed by atoms with Gasteiger partial charge in [-0.25, -0.2) is 9.37 Å². The number of hydrogen-bond donors (Lipinski definition) is 0. The van der Waals surface area contributed by atoms with Crippen molar-refractivity contribution in [1.82, 2.24) is 9.97 Å². The maximum Gasteiger partial charge on any atom is 0.310 e. The number of benzene rings is 1. The lowest BCUT2D eigenvalue weighted by Gasteiger charge is -2.40. The number of nitrogens with zero attached hydrogens (tertiary/aromatic N) is 4. The van der Waals surface area contributed by atoms with E-state index in [2.05, 4.69) is 41.9 Å². The number of hydrogen-bond acceptors (Lipinski definition) is 6. The number of fused-ring (bicyclic) bond motifs is 1. The Morgan fingerprint density at radius 2 is 1.76 bits per heavy atom. The van der Waals surface area contributed by atoms with E-state index in [1.165, 1.54) is 5.56 Å². The molecule has 0 amide bonds. The fraction of sp³-hybridized carbons (Fsp3) is 0.485. The maximum absolute atomic E-state index is 14.4. The van der Waals surface area contributed by atoms with E-state index in [1.807, 2.05) is 32.6 Å². The minimum absolute atomic E-state index is 0.174. The molecule has 0 spiro atoms. The third-order valence-corrected chi connectivity index (χ3v) is 8.43. The average molecular weight is 563 g/mol. The average Bonchev–Trinajstić information content (AvgIpc) is 2.90. The van der Waals surface area contributed by atoms with E-state index in [9.17, 15) is 13.6 Å². The van der Waals surface area contributed by atoms with Gasteiger partial charge in [0.2, 0.25) is 5.95 Å². The number of ether oxygens (including phenoxy) is 1. The van der Waals surface area contributed by atoms with Gasteiger partial charge in [-0.2, -0.15) is 4.39 Å². The SMILES string of the molecule is Cc1nc(C)c(-c2ccc3c(c2)CCN(c2cc(F)ncc2F)C3)c(N2CCC(C)(C)CC2)c1CC(=O)OC(C)C. The molecule has 0 bridgehead atoms. The number of pyridine rings is 2. The van der Waals surface area contributed by atoms with Crippen molar-refractivity contribution in [2.45, 2.75) is 79.9 Å². The molecule has 0 aliphatic carbocycles. The lowest BCUT2D eigenvalue weighted by Crippen LogP contribution is -2.38. The third kappa shape index (κ3) is 6.21. The summed E-state index contributed by atoms with van der Waals surface area (Å²) in [5.41, 5.74) is 8.67. The van der Waals surface area contributed by atoms with Crippen LogP contribution in [0.2, 0.25) is 0 Å². The van der Waals surface area contributed by atoms with Crippen molar-refractivity contribution in [1.29, 1.82) is 0 Å². The summed E-state index contributed by atoms with van der Waals surface area (Å²) < 4.78 is 33.8. The van der Waals surface area contributed by atoms with E-state index in [4.69, 9.17) is 9.72 Å². The van der Waals surface area contributed by atoms with E-state index in [-0.39, 0.29) is 29.6 Å². The largest absolute Gasteiger partial charge is 0.463 e. The second-order valence-corrected chi connectivity index (χ2v) is 12.5. The molecule has 1 saturated heterocycles. The molecule has 6 nitrogen and oxygen atoms in total. The molecule has 1 aromatic carbocycles. The van der Waals surface area contributed by atoms with Crippen LogP contribution < -0.4 is 9.80 Å². The van der Waals surface area contributed by atoms with Crippen LogP contribution >= 0.6 is 0 Å². The molecule has 2 aromatic heterocycles. The van der Waals surface area contributed by atoms with Crippen LogP contribution in [-0.2, 0) is 28.9 Å². The van der Waals surface area contributed by atoms with Crippen molar-refractivity contribution in [3.8, 4) is 11.1 Å². The summed E-state index contributed by atoms with van der Waals surface area (Å²) in [6.07, 6.45) is 3.76.